The van der Waals surface area contributed by atoms with Gasteiger partial charge in [0.1, 0.15) is 11.4 Å². The van der Waals surface area contributed by atoms with Crippen LogP contribution in [0.3, 0.4) is 0 Å². The van der Waals surface area contributed by atoms with Crippen molar-refractivity contribution in [1.82, 2.24) is 14.9 Å². The van der Waals surface area contributed by atoms with Crippen molar-refractivity contribution in [3.63, 3.8) is 0 Å². The number of nitrogens with one attached hydrogen (secondary N) is 1. The van der Waals surface area contributed by atoms with Gasteiger partial charge in [-0.15, -0.1) is 0 Å². The van der Waals surface area contributed by atoms with Crippen LogP contribution in [0.1, 0.15) is 44.6 Å². The van der Waals surface area contributed by atoms with Gasteiger partial charge in [0.15, 0.2) is 0 Å². The fraction of sp³-hybridized carbons (Fsp3) is 0.348. The maximum atomic E-state index is 13.3. The highest BCUT2D eigenvalue weighted by Crippen LogP contribution is 2.23. The summed E-state index contributed by atoms with van der Waals surface area (Å²) in [6, 6.07) is 14.1. The van der Waals surface area contributed by atoms with Gasteiger partial charge < -0.3 is 15.8 Å². The van der Waals surface area contributed by atoms with Crippen LogP contribution < -0.4 is 16.6 Å². The monoisotopic (exact) mass is 442 g/mol. The first-order valence-electron chi connectivity index (χ1n) is 10.1. The smallest absolute Gasteiger partial charge is 0.407 e. The van der Waals surface area contributed by atoms with Gasteiger partial charge in [-0.1, -0.05) is 48.0 Å². The SMILES string of the molecule is CC(C)(C)OC(=O)NCCCn1c([C@@H](N)c2ccccc2)nc2cccc(Cl)c2c1=O. The molecule has 0 saturated carbocycles. The molecule has 0 saturated heterocycles. The number of halogens is 1. The Hall–Kier alpha value is -2.90. The van der Waals surface area contributed by atoms with Gasteiger partial charge in [0.05, 0.1) is 22.0 Å². The minimum Gasteiger partial charge on any atom is -0.444 e. The number of aromatic nitrogens is 2. The summed E-state index contributed by atoms with van der Waals surface area (Å²) < 4.78 is 6.78. The van der Waals surface area contributed by atoms with E-state index in [0.717, 1.165) is 5.56 Å². The number of rotatable bonds is 6. The summed E-state index contributed by atoms with van der Waals surface area (Å²) in [7, 11) is 0. The Morgan fingerprint density at radius 2 is 1.90 bits per heavy atom. The van der Waals surface area contributed by atoms with Crippen LogP contribution in [-0.2, 0) is 11.3 Å². The molecule has 3 aromatic rings. The Morgan fingerprint density at radius 1 is 1.19 bits per heavy atom. The largest absolute Gasteiger partial charge is 0.444 e. The van der Waals surface area contributed by atoms with Gasteiger partial charge in [-0.05, 0) is 44.9 Å². The van der Waals surface area contributed by atoms with Crippen LogP contribution >= 0.6 is 11.6 Å². The van der Waals surface area contributed by atoms with Crippen molar-refractivity contribution in [3.05, 3.63) is 75.3 Å². The molecule has 0 aliphatic heterocycles. The lowest BCUT2D eigenvalue weighted by Gasteiger charge is -2.20. The molecule has 0 spiro atoms. The number of amides is 1. The first-order valence-corrected chi connectivity index (χ1v) is 10.5. The molecule has 1 amide bonds. The van der Waals surface area contributed by atoms with Gasteiger partial charge in [0, 0.05) is 13.1 Å². The lowest BCUT2D eigenvalue weighted by molar-refractivity contribution is 0.0526. The third-order valence-corrected chi connectivity index (χ3v) is 4.94. The number of carbonyl (C=O) groups excluding carboxylic acids is 1. The number of nitrogens with two attached hydrogens (primary N) is 1. The van der Waals surface area contributed by atoms with Crippen molar-refractivity contribution < 1.29 is 9.53 Å². The number of hydrogen-bond acceptors (Lipinski definition) is 5. The predicted octanol–water partition coefficient (Wildman–Crippen LogP) is 4.01. The highest BCUT2D eigenvalue weighted by Gasteiger charge is 2.20. The molecule has 0 bridgehead atoms. The lowest BCUT2D eigenvalue weighted by Crippen LogP contribution is -2.34. The topological polar surface area (TPSA) is 99.2 Å². The zero-order valence-corrected chi connectivity index (χ0v) is 18.6. The predicted molar refractivity (Wildman–Crippen MR) is 122 cm³/mol. The Morgan fingerprint density at radius 3 is 2.58 bits per heavy atom. The van der Waals surface area contributed by atoms with Gasteiger partial charge >= 0.3 is 6.09 Å². The molecule has 0 aliphatic carbocycles. The third kappa shape index (κ3) is 5.62. The molecule has 0 fully saturated rings. The van der Waals surface area contributed by atoms with E-state index in [2.05, 4.69) is 10.3 Å². The second-order valence-corrected chi connectivity index (χ2v) is 8.64. The fourth-order valence-corrected chi connectivity index (χ4v) is 3.50. The highest BCUT2D eigenvalue weighted by molar-refractivity contribution is 6.35. The van der Waals surface area contributed by atoms with Crippen LogP contribution in [0, 0.1) is 0 Å². The fourth-order valence-electron chi connectivity index (χ4n) is 3.25. The number of hydrogen-bond donors (Lipinski definition) is 2. The van der Waals surface area contributed by atoms with E-state index < -0.39 is 17.7 Å². The van der Waals surface area contributed by atoms with Crippen LogP contribution in [0.25, 0.3) is 10.9 Å². The van der Waals surface area contributed by atoms with Crippen LogP contribution in [0.4, 0.5) is 4.79 Å². The number of alkyl carbamates (subject to hydrolysis) is 1. The number of carbonyl (C=O) groups is 1. The number of benzene rings is 2. The van der Waals surface area contributed by atoms with Gasteiger partial charge in [-0.3, -0.25) is 9.36 Å². The molecule has 0 unspecified atom stereocenters. The first kappa shape index (κ1) is 22.8. The van der Waals surface area contributed by atoms with E-state index in [1.807, 2.05) is 30.3 Å². The molecule has 8 heteroatoms. The average molecular weight is 443 g/mol. The summed E-state index contributed by atoms with van der Waals surface area (Å²) in [4.78, 5) is 29.8. The van der Waals surface area contributed by atoms with Crippen LogP contribution in [0.15, 0.2) is 53.3 Å². The summed E-state index contributed by atoms with van der Waals surface area (Å²) in [6.07, 6.45) is -0.00795. The second-order valence-electron chi connectivity index (χ2n) is 8.23. The molecule has 0 aliphatic rings. The van der Waals surface area contributed by atoms with Gasteiger partial charge in [-0.25, -0.2) is 9.78 Å². The van der Waals surface area contributed by atoms with Crippen LogP contribution in [0.2, 0.25) is 5.02 Å². The Balaban J connectivity index is 1.89. The van der Waals surface area contributed by atoms with E-state index in [4.69, 9.17) is 22.1 Å². The Bertz CT molecular complexity index is 1120. The summed E-state index contributed by atoms with van der Waals surface area (Å²) in [6.45, 7) is 6.05. The minimum absolute atomic E-state index is 0.255. The van der Waals surface area contributed by atoms with E-state index in [1.165, 1.54) is 0 Å². The summed E-state index contributed by atoms with van der Waals surface area (Å²) in [5.41, 5.74) is 7.01. The highest BCUT2D eigenvalue weighted by atomic mass is 35.5. The van der Waals surface area contributed by atoms with Crippen molar-refractivity contribution in [1.29, 1.82) is 0 Å². The Kier molecular flexibility index (Phi) is 6.97. The second kappa shape index (κ2) is 9.49. The zero-order valence-electron chi connectivity index (χ0n) is 17.9. The maximum absolute atomic E-state index is 13.3. The summed E-state index contributed by atoms with van der Waals surface area (Å²) >= 11 is 6.29. The molecule has 164 valence electrons. The van der Waals surface area contributed by atoms with Gasteiger partial charge in [-0.2, -0.15) is 0 Å². The van der Waals surface area contributed by atoms with E-state index in [-0.39, 0.29) is 5.56 Å². The lowest BCUT2D eigenvalue weighted by atomic mass is 10.1. The molecular formula is C23H27ClN4O3. The van der Waals surface area contributed by atoms with Gasteiger partial charge in [0.25, 0.3) is 5.56 Å². The van der Waals surface area contributed by atoms with Crippen molar-refractivity contribution in [2.75, 3.05) is 6.54 Å². The molecule has 1 heterocycles. The van der Waals surface area contributed by atoms with E-state index >= 15 is 0 Å². The quantitative estimate of drug-likeness (QED) is 0.562. The summed E-state index contributed by atoms with van der Waals surface area (Å²) in [5.74, 6) is 0.447. The van der Waals surface area contributed by atoms with Crippen molar-refractivity contribution in [2.45, 2.75) is 45.4 Å². The van der Waals surface area contributed by atoms with E-state index in [9.17, 15) is 9.59 Å². The van der Waals surface area contributed by atoms with Crippen molar-refractivity contribution in [2.24, 2.45) is 5.73 Å². The Labute approximate surface area is 186 Å². The molecular weight excluding hydrogens is 416 g/mol. The molecule has 1 atom stereocenters. The number of nitrogens with zero attached hydrogens (tertiary/aromatic N) is 2. The standard InChI is InChI=1S/C23H27ClN4O3/c1-23(2,3)31-22(30)26-13-8-14-28-20(19(25)15-9-5-4-6-10-15)27-17-12-7-11-16(24)18(17)21(28)29/h4-7,9-12,19H,8,13-14,25H2,1-3H3,(H,26,30)/t19-/m0/s1. The summed E-state index contributed by atoms with van der Waals surface area (Å²) in [5, 5.41) is 3.40. The van der Waals surface area contributed by atoms with Crippen LogP contribution in [0.5, 0.6) is 0 Å². The molecule has 2 aromatic carbocycles. The molecule has 1 aromatic heterocycles. The van der Waals surface area contributed by atoms with Crippen molar-refractivity contribution >= 4 is 28.6 Å². The maximum Gasteiger partial charge on any atom is 0.407 e. The molecule has 0 radical (unpaired) electrons. The molecule has 3 N–H and O–H groups in total. The van der Waals surface area contributed by atoms with Crippen molar-refractivity contribution in [3.8, 4) is 0 Å². The molecule has 3 rings (SSSR count). The minimum atomic E-state index is -0.587. The average Bonchev–Trinajstić information content (AvgIpc) is 2.71. The first-order chi connectivity index (χ1) is 14.7. The molecule has 31 heavy (non-hydrogen) atoms. The van der Waals surface area contributed by atoms with E-state index in [0.29, 0.717) is 41.3 Å². The molecule has 7 nitrogen and oxygen atoms in total. The third-order valence-electron chi connectivity index (χ3n) is 4.63. The normalized spacial score (nSPS) is 12.5. The number of fused-ring (bicyclic) bond motifs is 1. The van der Waals surface area contributed by atoms with Crippen LogP contribution in [-0.4, -0.2) is 27.8 Å². The number of ether oxygens (including phenoxy) is 1. The zero-order chi connectivity index (χ0) is 22.6. The van der Waals surface area contributed by atoms with E-state index in [1.54, 1.807) is 43.5 Å². The van der Waals surface area contributed by atoms with Gasteiger partial charge in [0.2, 0.25) is 0 Å².